The second-order valence-electron chi connectivity index (χ2n) is 15.6. The van der Waals surface area contributed by atoms with Crippen molar-refractivity contribution in [2.45, 2.75) is 56.9 Å². The van der Waals surface area contributed by atoms with Gasteiger partial charge in [0.1, 0.15) is 23.7 Å². The second-order valence-corrected chi connectivity index (χ2v) is 17.3. The number of nitrogens with one attached hydrogen (secondary N) is 2. The van der Waals surface area contributed by atoms with E-state index in [1.54, 1.807) is 11.4 Å². The van der Waals surface area contributed by atoms with Crippen LogP contribution in [0.15, 0.2) is 64.6 Å². The lowest BCUT2D eigenvalue weighted by Gasteiger charge is -2.43. The summed E-state index contributed by atoms with van der Waals surface area (Å²) in [5.41, 5.74) is 3.46. The molecule has 5 aliphatic heterocycles. The maximum atomic E-state index is 14.4. The molecule has 0 bridgehead atoms. The second kappa shape index (κ2) is 16.1. The molecule has 15 nitrogen and oxygen atoms in total. The Morgan fingerprint density at radius 1 is 0.933 bits per heavy atom. The number of piperazine rings is 1. The fraction of sp³-hybridized carbons (Fsp3) is 0.357. The molecule has 4 aromatic rings. The smallest absolute Gasteiger partial charge is 0.263 e. The van der Waals surface area contributed by atoms with Gasteiger partial charge in [-0.15, -0.1) is 11.3 Å². The van der Waals surface area contributed by atoms with Gasteiger partial charge in [-0.25, -0.2) is 9.37 Å². The number of phenolic OH excluding ortho intramolecular Hbond substituents is 1. The Morgan fingerprint density at radius 3 is 2.45 bits per heavy atom. The van der Waals surface area contributed by atoms with Crippen molar-refractivity contribution < 1.29 is 38.3 Å². The Kier molecular flexibility index (Phi) is 10.7. The van der Waals surface area contributed by atoms with Crippen LogP contribution in [-0.2, 0) is 27.5 Å². The molecule has 60 heavy (non-hydrogen) atoms. The standard InChI is InChI=1S/C42H40BrFN8O7S/c43-35-24(2-5-28-34(35)41(59)52(40(28)58)31-6-8-33(54)46-37(31)55)21-48-14-16-50(17-15-48)26-9-12-49(13-10-26)27-4-1-23-22-51(39(57)29(23)20-27)36(30-19-25(44)3-7-32(30)53)38(56)47-42-45-11-18-60-42/h1-5,7,11,18-20,26,31,36,53H,6,8-10,12-17,21-22H2,(H,45,47,56)(H,46,54,55). The molecular formula is C42H40BrFN8O7S. The Labute approximate surface area is 356 Å². The first kappa shape index (κ1) is 39.9. The average molecular weight is 900 g/mol. The van der Waals surface area contributed by atoms with Crippen LogP contribution < -0.4 is 15.5 Å². The first-order chi connectivity index (χ1) is 28.9. The molecule has 2 atom stereocenters. The summed E-state index contributed by atoms with van der Waals surface area (Å²) in [6.07, 6.45) is 3.57. The van der Waals surface area contributed by atoms with Crippen LogP contribution in [0.4, 0.5) is 15.2 Å². The van der Waals surface area contributed by atoms with Crippen LogP contribution in [0.5, 0.6) is 5.75 Å². The minimum Gasteiger partial charge on any atom is -0.508 e. The van der Waals surface area contributed by atoms with Crippen LogP contribution in [0, 0.1) is 5.82 Å². The summed E-state index contributed by atoms with van der Waals surface area (Å²) in [6, 6.07) is 10.7. The Balaban J connectivity index is 0.805. The molecular weight excluding hydrogens is 859 g/mol. The highest BCUT2D eigenvalue weighted by Gasteiger charge is 2.46. The predicted octanol–water partition coefficient (Wildman–Crippen LogP) is 4.27. The number of nitrogens with zero attached hydrogens (tertiary/aromatic N) is 6. The lowest BCUT2D eigenvalue weighted by Crippen LogP contribution is -2.54. The van der Waals surface area contributed by atoms with Gasteiger partial charge >= 0.3 is 0 Å². The summed E-state index contributed by atoms with van der Waals surface area (Å²) >= 11 is 4.81. The average Bonchev–Trinajstić information content (AvgIpc) is 3.94. The van der Waals surface area contributed by atoms with Crippen molar-refractivity contribution in [1.82, 2.24) is 29.9 Å². The molecule has 0 aliphatic carbocycles. The number of phenols is 1. The van der Waals surface area contributed by atoms with Gasteiger partial charge in [0.05, 0.1) is 11.1 Å². The van der Waals surface area contributed by atoms with Gasteiger partial charge in [0.25, 0.3) is 23.6 Å². The molecule has 5 aliphatic rings. The molecule has 3 aromatic carbocycles. The monoisotopic (exact) mass is 898 g/mol. The lowest BCUT2D eigenvalue weighted by atomic mass is 10.0. The highest BCUT2D eigenvalue weighted by molar-refractivity contribution is 9.10. The summed E-state index contributed by atoms with van der Waals surface area (Å²) in [4.78, 5) is 92.2. The van der Waals surface area contributed by atoms with Crippen molar-refractivity contribution in [2.24, 2.45) is 0 Å². The minimum atomic E-state index is -1.30. The van der Waals surface area contributed by atoms with E-state index in [1.807, 2.05) is 24.3 Å². The number of hydrogen-bond acceptors (Lipinski definition) is 12. The van der Waals surface area contributed by atoms with Gasteiger partial charge in [-0.2, -0.15) is 0 Å². The first-order valence-corrected chi connectivity index (χ1v) is 21.5. The predicted molar refractivity (Wildman–Crippen MR) is 221 cm³/mol. The zero-order chi connectivity index (χ0) is 41.8. The van der Waals surface area contributed by atoms with Crippen molar-refractivity contribution in [1.29, 1.82) is 0 Å². The zero-order valence-corrected chi connectivity index (χ0v) is 34.6. The number of aromatic hydroxyl groups is 1. The van der Waals surface area contributed by atoms with Gasteiger partial charge in [0.2, 0.25) is 11.8 Å². The quantitative estimate of drug-likeness (QED) is 0.205. The maximum absolute atomic E-state index is 14.4. The maximum Gasteiger partial charge on any atom is 0.263 e. The number of carbonyl (C=O) groups excluding carboxylic acids is 6. The number of amides is 6. The molecule has 0 saturated carbocycles. The van der Waals surface area contributed by atoms with Crippen molar-refractivity contribution in [2.75, 3.05) is 49.5 Å². The molecule has 0 spiro atoms. The van der Waals surface area contributed by atoms with E-state index in [-0.39, 0.29) is 47.7 Å². The van der Waals surface area contributed by atoms with Crippen molar-refractivity contribution in [3.63, 3.8) is 0 Å². The van der Waals surface area contributed by atoms with E-state index in [2.05, 4.69) is 46.2 Å². The summed E-state index contributed by atoms with van der Waals surface area (Å²) < 4.78 is 15.0. The number of piperidine rings is 2. The number of halogens is 2. The van der Waals surface area contributed by atoms with Gasteiger partial charge in [0.15, 0.2) is 5.13 Å². The highest BCUT2D eigenvalue weighted by atomic mass is 79.9. The van der Waals surface area contributed by atoms with E-state index in [1.165, 1.54) is 28.5 Å². The number of imide groups is 2. The van der Waals surface area contributed by atoms with E-state index in [0.717, 1.165) is 86.0 Å². The molecule has 310 valence electrons. The molecule has 1 aromatic heterocycles. The van der Waals surface area contributed by atoms with Crippen molar-refractivity contribution in [3.05, 3.63) is 104 Å². The van der Waals surface area contributed by atoms with E-state index >= 15 is 0 Å². The molecule has 18 heteroatoms. The number of aromatic nitrogens is 1. The normalized spacial score (nSPS) is 20.7. The number of carbonyl (C=O) groups is 6. The molecule has 9 rings (SSSR count). The van der Waals surface area contributed by atoms with Crippen LogP contribution in [0.25, 0.3) is 0 Å². The number of rotatable bonds is 9. The molecule has 0 radical (unpaired) electrons. The van der Waals surface area contributed by atoms with E-state index in [0.29, 0.717) is 27.8 Å². The van der Waals surface area contributed by atoms with Gasteiger partial charge < -0.3 is 14.9 Å². The summed E-state index contributed by atoms with van der Waals surface area (Å²) in [5.74, 6) is -4.06. The molecule has 3 saturated heterocycles. The fourth-order valence-electron chi connectivity index (χ4n) is 9.07. The summed E-state index contributed by atoms with van der Waals surface area (Å²) in [7, 11) is 0. The Hall–Kier alpha value is -5.56. The molecule has 6 heterocycles. The van der Waals surface area contributed by atoms with E-state index in [9.17, 15) is 38.3 Å². The fourth-order valence-corrected chi connectivity index (χ4v) is 10.2. The van der Waals surface area contributed by atoms with Crippen LogP contribution in [0.1, 0.15) is 79.5 Å². The lowest BCUT2D eigenvalue weighted by molar-refractivity contribution is -0.136. The number of fused-ring (bicyclic) bond motifs is 2. The number of hydrogen-bond donors (Lipinski definition) is 3. The minimum absolute atomic E-state index is 0.0151. The van der Waals surface area contributed by atoms with Crippen molar-refractivity contribution >= 4 is 73.5 Å². The van der Waals surface area contributed by atoms with Gasteiger partial charge in [-0.1, -0.05) is 12.1 Å². The number of benzene rings is 3. The van der Waals surface area contributed by atoms with Crippen LogP contribution in [-0.4, -0.2) is 116 Å². The zero-order valence-electron chi connectivity index (χ0n) is 32.2. The van der Waals surface area contributed by atoms with Crippen molar-refractivity contribution in [3.8, 4) is 5.75 Å². The third-order valence-corrected chi connectivity index (χ3v) is 13.8. The Morgan fingerprint density at radius 2 is 1.72 bits per heavy atom. The topological polar surface area (TPSA) is 176 Å². The van der Waals surface area contributed by atoms with Crippen LogP contribution in [0.3, 0.4) is 0 Å². The van der Waals surface area contributed by atoms with E-state index < -0.39 is 47.4 Å². The largest absolute Gasteiger partial charge is 0.508 e. The molecule has 6 amide bonds. The SMILES string of the molecule is O=C1CCC(N2C(=O)c3ccc(CN4CCN(C5CCN(c6ccc7c(c6)C(=O)N(C(C(=O)Nc6nccs6)c6cc(F)ccc6O)C7)CC5)CC4)c(Br)c3C2=O)C(=O)N1. The third-order valence-electron chi connectivity index (χ3n) is 12.2. The molecule has 3 N–H and O–H groups in total. The number of thiazole rings is 1. The van der Waals surface area contributed by atoms with E-state index in [4.69, 9.17) is 0 Å². The van der Waals surface area contributed by atoms with Gasteiger partial charge in [-0.05, 0) is 82.7 Å². The summed E-state index contributed by atoms with van der Waals surface area (Å²) in [6.45, 7) is 5.65. The Bertz CT molecular complexity index is 2440. The first-order valence-electron chi connectivity index (χ1n) is 19.8. The van der Waals surface area contributed by atoms with Gasteiger partial charge in [-0.3, -0.25) is 54.1 Å². The molecule has 3 fully saturated rings. The third kappa shape index (κ3) is 7.35. The molecule has 2 unspecified atom stereocenters. The van der Waals surface area contributed by atoms with Crippen LogP contribution >= 0.6 is 27.3 Å². The number of anilines is 2. The van der Waals surface area contributed by atoms with Crippen LogP contribution in [0.2, 0.25) is 0 Å². The van der Waals surface area contributed by atoms with Gasteiger partial charge in [0, 0.05) is 97.7 Å². The summed E-state index contributed by atoms with van der Waals surface area (Å²) in [5, 5.41) is 17.7. The highest BCUT2D eigenvalue weighted by Crippen LogP contribution is 2.39.